The van der Waals surface area contributed by atoms with Gasteiger partial charge in [-0.25, -0.2) is 4.79 Å². The molecule has 0 aromatic heterocycles. The van der Waals surface area contributed by atoms with Crippen LogP contribution < -0.4 is 15.4 Å². The standard InChI is InChI=1S/C15H18N2O4S/c1-4-21-14(19)12-8(2)16-15(22)17-13(12)9-5-6-10(18)11(7-9)20-3/h5-7,13,18H,4H2,1-3H3,(H2,16,17,22). The lowest BCUT2D eigenvalue weighted by Gasteiger charge is -2.30. The largest absolute Gasteiger partial charge is 0.504 e. The van der Waals surface area contributed by atoms with E-state index >= 15 is 0 Å². The molecule has 118 valence electrons. The van der Waals surface area contributed by atoms with Gasteiger partial charge in [0, 0.05) is 5.70 Å². The molecule has 0 amide bonds. The third kappa shape index (κ3) is 3.14. The number of methoxy groups -OCH3 is 1. The maximum absolute atomic E-state index is 12.2. The van der Waals surface area contributed by atoms with Gasteiger partial charge in [-0.1, -0.05) is 6.07 Å². The summed E-state index contributed by atoms with van der Waals surface area (Å²) in [4.78, 5) is 12.2. The Bertz CT molecular complexity index is 642. The Morgan fingerprint density at radius 3 is 2.82 bits per heavy atom. The fourth-order valence-electron chi connectivity index (χ4n) is 2.30. The quantitative estimate of drug-likeness (QED) is 0.576. The minimum absolute atomic E-state index is 0.0288. The van der Waals surface area contributed by atoms with Crippen LogP contribution in [0.25, 0.3) is 0 Å². The van der Waals surface area contributed by atoms with Crippen molar-refractivity contribution >= 4 is 23.3 Å². The summed E-state index contributed by atoms with van der Waals surface area (Å²) >= 11 is 5.16. The summed E-state index contributed by atoms with van der Waals surface area (Å²) in [5, 5.41) is 16.1. The number of benzene rings is 1. The average Bonchev–Trinajstić information content (AvgIpc) is 2.47. The van der Waals surface area contributed by atoms with E-state index in [0.717, 1.165) is 5.56 Å². The van der Waals surface area contributed by atoms with Crippen LogP contribution in [0.4, 0.5) is 0 Å². The zero-order chi connectivity index (χ0) is 16.3. The Balaban J connectivity index is 2.47. The van der Waals surface area contributed by atoms with Crippen LogP contribution in [0.1, 0.15) is 25.5 Å². The molecule has 3 N–H and O–H groups in total. The second kappa shape index (κ2) is 6.65. The predicted molar refractivity (Wildman–Crippen MR) is 85.6 cm³/mol. The predicted octanol–water partition coefficient (Wildman–Crippen LogP) is 1.76. The fraction of sp³-hybridized carbons (Fsp3) is 0.333. The van der Waals surface area contributed by atoms with E-state index in [1.807, 2.05) is 0 Å². The van der Waals surface area contributed by atoms with Gasteiger partial charge >= 0.3 is 5.97 Å². The first-order valence-corrected chi connectivity index (χ1v) is 7.21. The number of carbonyl (C=O) groups excluding carboxylic acids is 1. The summed E-state index contributed by atoms with van der Waals surface area (Å²) < 4.78 is 10.2. The lowest BCUT2D eigenvalue weighted by atomic mass is 9.95. The van der Waals surface area contributed by atoms with E-state index in [2.05, 4.69) is 10.6 Å². The van der Waals surface area contributed by atoms with Crippen LogP contribution in [0.3, 0.4) is 0 Å². The summed E-state index contributed by atoms with van der Waals surface area (Å²) in [6, 6.07) is 4.41. The lowest BCUT2D eigenvalue weighted by Crippen LogP contribution is -2.45. The molecule has 1 unspecified atom stereocenters. The minimum atomic E-state index is -0.470. The van der Waals surface area contributed by atoms with Gasteiger partial charge in [0.1, 0.15) is 0 Å². The molecule has 0 bridgehead atoms. The van der Waals surface area contributed by atoms with Gasteiger partial charge in [-0.2, -0.15) is 0 Å². The summed E-state index contributed by atoms with van der Waals surface area (Å²) in [5.41, 5.74) is 1.82. The van der Waals surface area contributed by atoms with E-state index in [1.54, 1.807) is 26.0 Å². The highest BCUT2D eigenvalue weighted by molar-refractivity contribution is 7.80. The molecule has 0 radical (unpaired) electrons. The number of esters is 1. The molecule has 2 rings (SSSR count). The van der Waals surface area contributed by atoms with Crippen LogP contribution in [0.2, 0.25) is 0 Å². The van der Waals surface area contributed by atoms with Gasteiger partial charge < -0.3 is 25.2 Å². The number of thiocarbonyl (C=S) groups is 1. The number of hydrogen-bond donors (Lipinski definition) is 3. The van der Waals surface area contributed by atoms with Crippen molar-refractivity contribution < 1.29 is 19.4 Å². The molecule has 22 heavy (non-hydrogen) atoms. The summed E-state index contributed by atoms with van der Waals surface area (Å²) in [6.07, 6.45) is 0. The monoisotopic (exact) mass is 322 g/mol. The summed E-state index contributed by atoms with van der Waals surface area (Å²) in [6.45, 7) is 3.80. The van der Waals surface area contributed by atoms with Crippen molar-refractivity contribution in [2.24, 2.45) is 0 Å². The molecule has 0 saturated carbocycles. The van der Waals surface area contributed by atoms with Crippen molar-refractivity contribution in [3.05, 3.63) is 35.0 Å². The maximum Gasteiger partial charge on any atom is 0.338 e. The number of nitrogens with one attached hydrogen (secondary N) is 2. The molecule has 1 aromatic carbocycles. The molecule has 0 aliphatic carbocycles. The van der Waals surface area contributed by atoms with E-state index < -0.39 is 12.0 Å². The Morgan fingerprint density at radius 2 is 2.18 bits per heavy atom. The Kier molecular flexibility index (Phi) is 4.87. The van der Waals surface area contributed by atoms with Crippen molar-refractivity contribution in [2.75, 3.05) is 13.7 Å². The first-order valence-electron chi connectivity index (χ1n) is 6.80. The van der Waals surface area contributed by atoms with E-state index in [4.69, 9.17) is 21.7 Å². The number of allylic oxidation sites excluding steroid dienone is 1. The number of rotatable bonds is 4. The molecule has 1 atom stereocenters. The van der Waals surface area contributed by atoms with Crippen molar-refractivity contribution in [2.45, 2.75) is 19.9 Å². The number of carbonyl (C=O) groups is 1. The summed E-state index contributed by atoms with van der Waals surface area (Å²) in [5.74, 6) is -0.0645. The van der Waals surface area contributed by atoms with E-state index in [0.29, 0.717) is 22.1 Å². The number of phenols is 1. The minimum Gasteiger partial charge on any atom is -0.504 e. The third-order valence-corrected chi connectivity index (χ3v) is 3.52. The Labute approximate surface area is 134 Å². The van der Waals surface area contributed by atoms with E-state index in [-0.39, 0.29) is 12.4 Å². The third-order valence-electron chi connectivity index (χ3n) is 3.30. The van der Waals surface area contributed by atoms with Gasteiger partial charge in [0.15, 0.2) is 16.6 Å². The van der Waals surface area contributed by atoms with Crippen molar-refractivity contribution in [1.82, 2.24) is 10.6 Å². The topological polar surface area (TPSA) is 79.8 Å². The molecule has 6 nitrogen and oxygen atoms in total. The summed E-state index contributed by atoms with van der Waals surface area (Å²) in [7, 11) is 1.46. The fourth-order valence-corrected chi connectivity index (χ4v) is 2.57. The Hall–Kier alpha value is -2.28. The van der Waals surface area contributed by atoms with E-state index in [9.17, 15) is 9.90 Å². The highest BCUT2D eigenvalue weighted by atomic mass is 32.1. The van der Waals surface area contributed by atoms with Gasteiger partial charge in [0.2, 0.25) is 0 Å². The number of hydrogen-bond acceptors (Lipinski definition) is 5. The van der Waals surface area contributed by atoms with Crippen LogP contribution in [0, 0.1) is 0 Å². The molecule has 1 aliphatic rings. The molecular weight excluding hydrogens is 304 g/mol. The normalized spacial score (nSPS) is 17.6. The van der Waals surface area contributed by atoms with Crippen molar-refractivity contribution in [1.29, 1.82) is 0 Å². The smallest absolute Gasteiger partial charge is 0.338 e. The maximum atomic E-state index is 12.2. The van der Waals surface area contributed by atoms with Crippen LogP contribution in [-0.4, -0.2) is 29.9 Å². The second-order valence-corrected chi connectivity index (χ2v) is 5.13. The highest BCUT2D eigenvalue weighted by Crippen LogP contribution is 2.33. The van der Waals surface area contributed by atoms with Gasteiger partial charge in [-0.3, -0.25) is 0 Å². The molecule has 1 aliphatic heterocycles. The van der Waals surface area contributed by atoms with Crippen LogP contribution in [-0.2, 0) is 9.53 Å². The number of aromatic hydroxyl groups is 1. The van der Waals surface area contributed by atoms with Crippen molar-refractivity contribution in [3.8, 4) is 11.5 Å². The molecule has 0 saturated heterocycles. The first kappa shape index (κ1) is 16.1. The number of ether oxygens (including phenoxy) is 2. The highest BCUT2D eigenvalue weighted by Gasteiger charge is 2.31. The first-order chi connectivity index (χ1) is 10.5. The molecular formula is C15H18N2O4S. The van der Waals surface area contributed by atoms with Gasteiger partial charge in [-0.05, 0) is 43.8 Å². The van der Waals surface area contributed by atoms with Crippen LogP contribution in [0.15, 0.2) is 29.5 Å². The molecule has 1 heterocycles. The van der Waals surface area contributed by atoms with Crippen LogP contribution >= 0.6 is 12.2 Å². The van der Waals surface area contributed by atoms with Gasteiger partial charge in [0.05, 0.1) is 25.3 Å². The molecule has 7 heteroatoms. The average molecular weight is 322 g/mol. The number of phenolic OH excluding ortho intramolecular Hbond substituents is 1. The van der Waals surface area contributed by atoms with Gasteiger partial charge in [0.25, 0.3) is 0 Å². The van der Waals surface area contributed by atoms with E-state index in [1.165, 1.54) is 13.2 Å². The Morgan fingerprint density at radius 1 is 1.45 bits per heavy atom. The zero-order valence-electron chi connectivity index (χ0n) is 12.6. The second-order valence-electron chi connectivity index (χ2n) is 4.72. The van der Waals surface area contributed by atoms with Crippen LogP contribution in [0.5, 0.6) is 11.5 Å². The lowest BCUT2D eigenvalue weighted by molar-refractivity contribution is -0.139. The SMILES string of the molecule is CCOC(=O)C1=C(C)NC(=S)NC1c1ccc(O)c(OC)c1. The van der Waals surface area contributed by atoms with Gasteiger partial charge in [-0.15, -0.1) is 0 Å². The zero-order valence-corrected chi connectivity index (χ0v) is 13.4. The molecule has 0 spiro atoms. The molecule has 1 aromatic rings. The molecule has 0 fully saturated rings. The van der Waals surface area contributed by atoms with Crippen molar-refractivity contribution in [3.63, 3.8) is 0 Å².